The predicted molar refractivity (Wildman–Crippen MR) is 87.4 cm³/mol. The summed E-state index contributed by atoms with van der Waals surface area (Å²) in [6.07, 6.45) is 0. The highest BCUT2D eigenvalue weighted by Gasteiger charge is 2.14. The first-order valence-corrected chi connectivity index (χ1v) is 7.51. The Hall–Kier alpha value is -2.01. The Morgan fingerprint density at radius 1 is 1.10 bits per heavy atom. The van der Waals surface area contributed by atoms with Gasteiger partial charge in [-0.2, -0.15) is 0 Å². The van der Waals surface area contributed by atoms with Crippen molar-refractivity contribution in [3.05, 3.63) is 56.9 Å². The average molecular weight is 344 g/mol. The number of pyridine rings is 1. The number of para-hydroxylation sites is 1. The quantitative estimate of drug-likeness (QED) is 0.768. The van der Waals surface area contributed by atoms with Gasteiger partial charge in [0, 0.05) is 5.39 Å². The molecule has 0 bridgehead atoms. The predicted octanol–water partition coefficient (Wildman–Crippen LogP) is 3.87. The minimum Gasteiger partial charge on any atom is -0.304 e. The van der Waals surface area contributed by atoms with Gasteiger partial charge in [0.2, 0.25) is 0 Å². The molecule has 2 aromatic heterocycles. The van der Waals surface area contributed by atoms with Gasteiger partial charge < -0.3 is 4.98 Å². The van der Waals surface area contributed by atoms with E-state index < -0.39 is 0 Å². The first-order valence-electron chi connectivity index (χ1n) is 6.72. The van der Waals surface area contributed by atoms with E-state index in [9.17, 15) is 4.79 Å². The largest absolute Gasteiger partial charge is 0.304 e. The van der Waals surface area contributed by atoms with Crippen LogP contribution >= 0.6 is 15.9 Å². The molecule has 0 unspecified atom stereocenters. The third-order valence-electron chi connectivity index (χ3n) is 3.28. The number of aromatic amines is 1. The zero-order valence-electron chi connectivity index (χ0n) is 11.7. The van der Waals surface area contributed by atoms with Crippen molar-refractivity contribution in [3.63, 3.8) is 0 Å². The van der Waals surface area contributed by atoms with Crippen LogP contribution in [0.5, 0.6) is 0 Å². The maximum atomic E-state index is 12.0. The number of halogens is 1. The lowest BCUT2D eigenvalue weighted by molar-refractivity contribution is 0.802. The van der Waals surface area contributed by atoms with Gasteiger partial charge in [-0.15, -0.1) is 0 Å². The molecule has 5 heteroatoms. The summed E-state index contributed by atoms with van der Waals surface area (Å²) in [4.78, 5) is 23.9. The Morgan fingerprint density at radius 3 is 2.62 bits per heavy atom. The van der Waals surface area contributed by atoms with Crippen molar-refractivity contribution in [1.82, 2.24) is 15.0 Å². The fraction of sp³-hybridized carbons (Fsp3) is 0.188. The van der Waals surface area contributed by atoms with E-state index in [1.807, 2.05) is 50.2 Å². The zero-order chi connectivity index (χ0) is 15.0. The first-order chi connectivity index (χ1) is 10.1. The maximum Gasteiger partial charge on any atom is 0.265 e. The lowest BCUT2D eigenvalue weighted by Gasteiger charge is -2.09. The number of benzene rings is 1. The van der Waals surface area contributed by atoms with Crippen molar-refractivity contribution in [2.45, 2.75) is 19.8 Å². The maximum absolute atomic E-state index is 12.0. The van der Waals surface area contributed by atoms with Crippen molar-refractivity contribution in [1.29, 1.82) is 0 Å². The Bertz CT molecular complexity index is 871. The van der Waals surface area contributed by atoms with E-state index in [1.54, 1.807) is 0 Å². The van der Waals surface area contributed by atoms with Gasteiger partial charge in [-0.1, -0.05) is 38.1 Å². The molecule has 3 rings (SSSR count). The monoisotopic (exact) mass is 343 g/mol. The van der Waals surface area contributed by atoms with Crippen LogP contribution in [0.2, 0.25) is 0 Å². The topological polar surface area (TPSA) is 58.6 Å². The van der Waals surface area contributed by atoms with Gasteiger partial charge in [0.25, 0.3) is 5.56 Å². The molecule has 0 aliphatic carbocycles. The first kappa shape index (κ1) is 13.9. The van der Waals surface area contributed by atoms with Crippen molar-refractivity contribution < 1.29 is 0 Å². The molecule has 2 heterocycles. The molecule has 0 saturated heterocycles. The van der Waals surface area contributed by atoms with E-state index in [0.29, 0.717) is 16.0 Å². The number of fused-ring (bicyclic) bond motifs is 1. The summed E-state index contributed by atoms with van der Waals surface area (Å²) < 4.78 is 0.488. The molecular weight excluding hydrogens is 330 g/mol. The third kappa shape index (κ3) is 2.61. The van der Waals surface area contributed by atoms with E-state index in [2.05, 4.69) is 30.9 Å². The molecule has 0 spiro atoms. The molecule has 0 radical (unpaired) electrons. The molecular formula is C16H14BrN3O. The van der Waals surface area contributed by atoms with Crippen LogP contribution in [0.15, 0.2) is 45.7 Å². The lowest BCUT2D eigenvalue weighted by atomic mass is 10.1. The van der Waals surface area contributed by atoms with Crippen LogP contribution in [0.3, 0.4) is 0 Å². The summed E-state index contributed by atoms with van der Waals surface area (Å²) in [5, 5.41) is 1.06. The molecule has 3 aromatic rings. The highest BCUT2D eigenvalue weighted by Crippen LogP contribution is 2.23. The highest BCUT2D eigenvalue weighted by atomic mass is 79.9. The molecule has 0 fully saturated rings. The smallest absolute Gasteiger partial charge is 0.265 e. The molecule has 0 atom stereocenters. The van der Waals surface area contributed by atoms with Gasteiger partial charge in [0.1, 0.15) is 10.2 Å². The molecule has 0 aliphatic rings. The Labute approximate surface area is 130 Å². The number of hydrogen-bond donors (Lipinski definition) is 1. The Kier molecular flexibility index (Phi) is 3.59. The molecule has 1 N–H and O–H groups in total. The van der Waals surface area contributed by atoms with E-state index >= 15 is 0 Å². The number of rotatable bonds is 2. The third-order valence-corrected chi connectivity index (χ3v) is 4.04. The summed E-state index contributed by atoms with van der Waals surface area (Å²) in [6.45, 7) is 4.01. The number of nitrogens with zero attached hydrogens (tertiary/aromatic N) is 2. The molecule has 106 valence electrons. The molecule has 1 aromatic carbocycles. The van der Waals surface area contributed by atoms with Gasteiger partial charge in [0.15, 0.2) is 5.82 Å². The van der Waals surface area contributed by atoms with Crippen molar-refractivity contribution in [2.24, 2.45) is 0 Å². The van der Waals surface area contributed by atoms with Gasteiger partial charge in [0.05, 0.1) is 11.2 Å². The minimum absolute atomic E-state index is 0.154. The van der Waals surface area contributed by atoms with Crippen LogP contribution in [0.1, 0.15) is 25.5 Å². The number of aromatic nitrogens is 3. The molecule has 0 aliphatic heterocycles. The van der Waals surface area contributed by atoms with E-state index in [1.165, 1.54) is 0 Å². The number of H-pyrrole nitrogens is 1. The van der Waals surface area contributed by atoms with Gasteiger partial charge >= 0.3 is 0 Å². The van der Waals surface area contributed by atoms with Gasteiger partial charge in [-0.25, -0.2) is 9.97 Å². The fourth-order valence-corrected chi connectivity index (χ4v) is 2.82. The van der Waals surface area contributed by atoms with Crippen LogP contribution in [0, 0.1) is 0 Å². The number of nitrogens with one attached hydrogen (secondary N) is 1. The standard InChI is InChI=1S/C16H14BrN3O/c1-9(2)14-13(17)16(21)20-15(19-14)12-8-7-10-5-3-4-6-11(10)18-12/h3-9H,1-2H3,(H,19,20,21). The van der Waals surface area contributed by atoms with Crippen LogP contribution in [-0.2, 0) is 0 Å². The van der Waals surface area contributed by atoms with Gasteiger partial charge in [-0.05, 0) is 34.0 Å². The molecule has 4 nitrogen and oxygen atoms in total. The summed E-state index contributed by atoms with van der Waals surface area (Å²) in [5.74, 6) is 0.651. The van der Waals surface area contributed by atoms with E-state index in [4.69, 9.17) is 0 Å². The normalized spacial score (nSPS) is 11.2. The van der Waals surface area contributed by atoms with Crippen LogP contribution in [0.25, 0.3) is 22.4 Å². The Morgan fingerprint density at radius 2 is 1.86 bits per heavy atom. The summed E-state index contributed by atoms with van der Waals surface area (Å²) in [6, 6.07) is 11.7. The SMILES string of the molecule is CC(C)c1nc(-c2ccc3ccccc3n2)[nH]c(=O)c1Br. The highest BCUT2D eigenvalue weighted by molar-refractivity contribution is 9.10. The second-order valence-electron chi connectivity index (χ2n) is 5.16. The van der Waals surface area contributed by atoms with E-state index in [-0.39, 0.29) is 11.5 Å². The second kappa shape index (κ2) is 5.41. The average Bonchev–Trinajstić information content (AvgIpc) is 2.49. The van der Waals surface area contributed by atoms with Crippen molar-refractivity contribution >= 4 is 26.8 Å². The molecule has 0 saturated carbocycles. The Balaban J connectivity index is 2.20. The summed E-state index contributed by atoms with van der Waals surface area (Å²) >= 11 is 3.30. The molecule has 0 amide bonds. The van der Waals surface area contributed by atoms with Crippen molar-refractivity contribution in [3.8, 4) is 11.5 Å². The van der Waals surface area contributed by atoms with Gasteiger partial charge in [-0.3, -0.25) is 4.79 Å². The zero-order valence-corrected chi connectivity index (χ0v) is 13.3. The summed E-state index contributed by atoms with van der Waals surface area (Å²) in [7, 11) is 0. The van der Waals surface area contributed by atoms with Crippen LogP contribution in [-0.4, -0.2) is 15.0 Å². The summed E-state index contributed by atoms with van der Waals surface area (Å²) in [5.41, 5.74) is 2.11. The second-order valence-corrected chi connectivity index (χ2v) is 5.95. The van der Waals surface area contributed by atoms with E-state index in [0.717, 1.165) is 16.6 Å². The molecule has 21 heavy (non-hydrogen) atoms. The van der Waals surface area contributed by atoms with Crippen LogP contribution < -0.4 is 5.56 Å². The van der Waals surface area contributed by atoms with Crippen molar-refractivity contribution in [2.75, 3.05) is 0 Å². The van der Waals surface area contributed by atoms with Crippen LogP contribution in [0.4, 0.5) is 0 Å². The fourth-order valence-electron chi connectivity index (χ4n) is 2.18. The number of hydrogen-bond acceptors (Lipinski definition) is 3. The minimum atomic E-state index is -0.182. The lowest BCUT2D eigenvalue weighted by Crippen LogP contribution is -2.14.